The van der Waals surface area contributed by atoms with Crippen molar-refractivity contribution < 1.29 is 24.2 Å². The first kappa shape index (κ1) is 13.4. The zero-order valence-electron chi connectivity index (χ0n) is 9.64. The molecule has 1 aliphatic rings. The molecule has 0 aromatic rings. The van der Waals surface area contributed by atoms with E-state index in [-0.39, 0.29) is 0 Å². The highest BCUT2D eigenvalue weighted by atomic mass is 16.5. The van der Waals surface area contributed by atoms with E-state index in [2.05, 4.69) is 0 Å². The van der Waals surface area contributed by atoms with Gasteiger partial charge in [-0.05, 0) is 19.8 Å². The lowest BCUT2D eigenvalue weighted by molar-refractivity contribution is -0.157. The Kier molecular flexibility index (Phi) is 4.06. The zero-order chi connectivity index (χ0) is 13.1. The molecule has 0 aromatic heterocycles. The lowest BCUT2D eigenvalue weighted by Gasteiger charge is -2.29. The molecule has 0 spiro atoms. The van der Waals surface area contributed by atoms with Crippen molar-refractivity contribution in [2.24, 2.45) is 5.73 Å². The molecule has 3 N–H and O–H groups in total. The number of carboxylic acid groups (broad SMARTS) is 1. The third kappa shape index (κ3) is 3.42. The van der Waals surface area contributed by atoms with Crippen LogP contribution in [0.2, 0.25) is 0 Å². The van der Waals surface area contributed by atoms with E-state index < -0.39 is 36.5 Å². The molecule has 1 saturated heterocycles. The fraction of sp³-hybridized carbons (Fsp3) is 0.700. The van der Waals surface area contributed by atoms with Gasteiger partial charge in [-0.1, -0.05) is 0 Å². The van der Waals surface area contributed by atoms with Gasteiger partial charge in [0.25, 0.3) is 5.91 Å². The molecule has 0 bridgehead atoms. The summed E-state index contributed by atoms with van der Waals surface area (Å²) in [5.74, 6) is -2.45. The van der Waals surface area contributed by atoms with E-state index in [0.717, 1.165) is 11.3 Å². The maximum Gasteiger partial charge on any atom is 0.323 e. The second-order valence-electron chi connectivity index (χ2n) is 4.20. The summed E-state index contributed by atoms with van der Waals surface area (Å²) in [7, 11) is 0. The Hall–Kier alpha value is -1.63. The fourth-order valence-electron chi connectivity index (χ4n) is 1.83. The normalized spacial score (nSPS) is 23.4. The third-order valence-corrected chi connectivity index (χ3v) is 2.63. The Balaban J connectivity index is 2.77. The van der Waals surface area contributed by atoms with Crippen molar-refractivity contribution in [1.82, 2.24) is 4.90 Å². The van der Waals surface area contributed by atoms with Crippen LogP contribution in [0.25, 0.3) is 0 Å². The summed E-state index contributed by atoms with van der Waals surface area (Å²) in [4.78, 5) is 34.4. The van der Waals surface area contributed by atoms with Gasteiger partial charge in [0.2, 0.25) is 5.91 Å². The van der Waals surface area contributed by atoms with Gasteiger partial charge in [-0.25, -0.2) is 0 Å². The van der Waals surface area contributed by atoms with Crippen LogP contribution in [-0.2, 0) is 19.1 Å². The fourth-order valence-corrected chi connectivity index (χ4v) is 1.83. The lowest BCUT2D eigenvalue weighted by atomic mass is 10.0. The minimum absolute atomic E-state index is 0.413. The third-order valence-electron chi connectivity index (χ3n) is 2.63. The van der Waals surface area contributed by atoms with Crippen LogP contribution in [0.5, 0.6) is 0 Å². The largest absolute Gasteiger partial charge is 0.480 e. The van der Waals surface area contributed by atoms with E-state index in [1.54, 1.807) is 6.92 Å². The van der Waals surface area contributed by atoms with Gasteiger partial charge in [0.15, 0.2) is 0 Å². The van der Waals surface area contributed by atoms with Crippen LogP contribution in [0.15, 0.2) is 0 Å². The van der Waals surface area contributed by atoms with Gasteiger partial charge < -0.3 is 20.5 Å². The molecule has 2 amide bonds. The molecule has 7 nitrogen and oxygen atoms in total. The van der Waals surface area contributed by atoms with Gasteiger partial charge in [-0.2, -0.15) is 0 Å². The molecular weight excluding hydrogens is 228 g/mol. The maximum absolute atomic E-state index is 12.1. The molecule has 1 unspecified atom stereocenters. The number of hydrogen-bond donors (Lipinski definition) is 2. The number of carbonyl (C=O) groups is 3. The quantitative estimate of drug-likeness (QED) is 0.641. The Labute approximate surface area is 98.5 Å². The van der Waals surface area contributed by atoms with Gasteiger partial charge >= 0.3 is 5.97 Å². The van der Waals surface area contributed by atoms with Crippen LogP contribution in [0.1, 0.15) is 19.8 Å². The SMILES string of the molecule is CC1(C(=O)N(CC(N)=O)CC(=O)O)CCCO1. The Morgan fingerprint density at radius 1 is 1.41 bits per heavy atom. The van der Waals surface area contributed by atoms with E-state index >= 15 is 0 Å². The number of nitrogens with zero attached hydrogens (tertiary/aromatic N) is 1. The Morgan fingerprint density at radius 2 is 2.06 bits per heavy atom. The summed E-state index contributed by atoms with van der Waals surface area (Å²) >= 11 is 0. The van der Waals surface area contributed by atoms with Crippen LogP contribution < -0.4 is 5.73 Å². The van der Waals surface area contributed by atoms with Crippen LogP contribution in [-0.4, -0.2) is 53.1 Å². The van der Waals surface area contributed by atoms with Crippen molar-refractivity contribution in [3.63, 3.8) is 0 Å². The minimum atomic E-state index is -1.19. The summed E-state index contributed by atoms with van der Waals surface area (Å²) in [5.41, 5.74) is 3.95. The highest BCUT2D eigenvalue weighted by Crippen LogP contribution is 2.27. The summed E-state index contributed by atoms with van der Waals surface area (Å²) in [6.07, 6.45) is 1.25. The molecule has 1 rings (SSSR count). The summed E-state index contributed by atoms with van der Waals surface area (Å²) in [5, 5.41) is 8.69. The Bertz CT molecular complexity index is 320. The molecule has 7 heteroatoms. The van der Waals surface area contributed by atoms with Gasteiger partial charge in [-0.15, -0.1) is 0 Å². The monoisotopic (exact) mass is 244 g/mol. The van der Waals surface area contributed by atoms with Crippen molar-refractivity contribution in [2.75, 3.05) is 19.7 Å². The predicted octanol–water partition coefficient (Wildman–Crippen LogP) is -1.05. The highest BCUT2D eigenvalue weighted by Gasteiger charge is 2.41. The first-order valence-corrected chi connectivity index (χ1v) is 5.28. The minimum Gasteiger partial charge on any atom is -0.480 e. The van der Waals surface area contributed by atoms with E-state index in [0.29, 0.717) is 13.0 Å². The van der Waals surface area contributed by atoms with E-state index in [9.17, 15) is 14.4 Å². The van der Waals surface area contributed by atoms with Crippen molar-refractivity contribution >= 4 is 17.8 Å². The number of rotatable bonds is 5. The maximum atomic E-state index is 12.1. The number of nitrogens with two attached hydrogens (primary N) is 1. The average molecular weight is 244 g/mol. The van der Waals surface area contributed by atoms with E-state index in [1.807, 2.05) is 0 Å². The topological polar surface area (TPSA) is 110 Å². The molecule has 0 aliphatic carbocycles. The molecule has 1 atom stereocenters. The number of carboxylic acids is 1. The van der Waals surface area contributed by atoms with Crippen LogP contribution in [0.4, 0.5) is 0 Å². The highest BCUT2D eigenvalue weighted by molar-refractivity contribution is 5.91. The van der Waals surface area contributed by atoms with Crippen molar-refractivity contribution in [2.45, 2.75) is 25.4 Å². The molecule has 0 saturated carbocycles. The van der Waals surface area contributed by atoms with E-state index in [4.69, 9.17) is 15.6 Å². The van der Waals surface area contributed by atoms with Crippen molar-refractivity contribution in [3.8, 4) is 0 Å². The lowest BCUT2D eigenvalue weighted by Crippen LogP contribution is -2.51. The summed E-state index contributed by atoms with van der Waals surface area (Å²) in [6.45, 7) is 1.09. The first-order valence-electron chi connectivity index (χ1n) is 5.28. The van der Waals surface area contributed by atoms with Crippen molar-refractivity contribution in [3.05, 3.63) is 0 Å². The van der Waals surface area contributed by atoms with Gasteiger partial charge in [0.1, 0.15) is 18.7 Å². The van der Waals surface area contributed by atoms with Gasteiger partial charge in [-0.3, -0.25) is 14.4 Å². The number of aliphatic carboxylic acids is 1. The average Bonchev–Trinajstić information content (AvgIpc) is 2.63. The number of ether oxygens (including phenoxy) is 1. The summed E-state index contributed by atoms with van der Waals surface area (Å²) < 4.78 is 5.31. The molecule has 17 heavy (non-hydrogen) atoms. The number of hydrogen-bond acceptors (Lipinski definition) is 4. The number of amides is 2. The van der Waals surface area contributed by atoms with Gasteiger partial charge in [0, 0.05) is 6.61 Å². The molecule has 1 heterocycles. The second-order valence-corrected chi connectivity index (χ2v) is 4.20. The first-order chi connectivity index (χ1) is 7.85. The molecule has 0 radical (unpaired) electrons. The van der Waals surface area contributed by atoms with Crippen LogP contribution in [0.3, 0.4) is 0 Å². The molecule has 1 aliphatic heterocycles. The molecule has 96 valence electrons. The molecule has 1 fully saturated rings. The standard InChI is InChI=1S/C10H16N2O5/c1-10(3-2-4-17-10)9(16)12(5-7(11)13)6-8(14)15/h2-6H2,1H3,(H2,11,13)(H,14,15). The Morgan fingerprint density at radius 3 is 2.47 bits per heavy atom. The number of carbonyl (C=O) groups excluding carboxylic acids is 2. The van der Waals surface area contributed by atoms with Crippen LogP contribution in [0, 0.1) is 0 Å². The summed E-state index contributed by atoms with van der Waals surface area (Å²) in [6, 6.07) is 0. The number of primary amides is 1. The second kappa shape index (κ2) is 5.13. The van der Waals surface area contributed by atoms with Gasteiger partial charge in [0.05, 0.1) is 0 Å². The van der Waals surface area contributed by atoms with E-state index in [1.165, 1.54) is 0 Å². The van der Waals surface area contributed by atoms with Crippen LogP contribution >= 0.6 is 0 Å². The predicted molar refractivity (Wildman–Crippen MR) is 57.0 cm³/mol. The van der Waals surface area contributed by atoms with Crippen molar-refractivity contribution in [1.29, 1.82) is 0 Å². The zero-order valence-corrected chi connectivity index (χ0v) is 9.64. The smallest absolute Gasteiger partial charge is 0.323 e. The molecular formula is C10H16N2O5. The molecule has 0 aromatic carbocycles.